The van der Waals surface area contributed by atoms with Gasteiger partial charge < -0.3 is 10.1 Å². The highest BCUT2D eigenvalue weighted by molar-refractivity contribution is 8.00. The number of nitriles is 1. The molecule has 1 N–H and O–H groups in total. The summed E-state index contributed by atoms with van der Waals surface area (Å²) < 4.78 is 5.23. The van der Waals surface area contributed by atoms with Crippen LogP contribution in [-0.2, 0) is 4.79 Å². The third-order valence-corrected chi connectivity index (χ3v) is 5.23. The van der Waals surface area contributed by atoms with Crippen LogP contribution in [0.1, 0.15) is 16.7 Å². The van der Waals surface area contributed by atoms with Crippen molar-refractivity contribution in [1.29, 1.82) is 5.26 Å². The van der Waals surface area contributed by atoms with E-state index in [9.17, 15) is 10.1 Å². The highest BCUT2D eigenvalue weighted by Gasteiger charge is 2.11. The first-order chi connectivity index (χ1) is 13.0. The zero-order chi connectivity index (χ0) is 19.4. The molecular formula is C21H19N3O2S. The molecular weight excluding hydrogens is 358 g/mol. The fraction of sp³-hybridized carbons (Fsp3) is 0.190. The number of fused-ring (bicyclic) bond motifs is 1. The Morgan fingerprint density at radius 1 is 1.19 bits per heavy atom. The average Bonchev–Trinajstić information content (AvgIpc) is 2.68. The predicted molar refractivity (Wildman–Crippen MR) is 108 cm³/mol. The lowest BCUT2D eigenvalue weighted by molar-refractivity contribution is -0.113. The van der Waals surface area contributed by atoms with Gasteiger partial charge in [-0.25, -0.2) is 4.98 Å². The van der Waals surface area contributed by atoms with Crippen molar-refractivity contribution < 1.29 is 9.53 Å². The molecule has 0 aliphatic rings. The summed E-state index contributed by atoms with van der Waals surface area (Å²) in [5.41, 5.74) is 4.25. The maximum absolute atomic E-state index is 12.3. The lowest BCUT2D eigenvalue weighted by Gasteiger charge is -2.09. The third kappa shape index (κ3) is 4.39. The molecule has 1 amide bonds. The fourth-order valence-electron chi connectivity index (χ4n) is 2.60. The minimum Gasteiger partial charge on any atom is -0.497 e. The Morgan fingerprint density at radius 3 is 2.70 bits per heavy atom. The first-order valence-corrected chi connectivity index (χ1v) is 9.37. The van der Waals surface area contributed by atoms with Crippen LogP contribution in [0.25, 0.3) is 10.9 Å². The number of carbonyl (C=O) groups is 1. The topological polar surface area (TPSA) is 75.0 Å². The van der Waals surface area contributed by atoms with Gasteiger partial charge in [0.05, 0.1) is 23.9 Å². The van der Waals surface area contributed by atoms with Crippen molar-refractivity contribution in [1.82, 2.24) is 4.98 Å². The van der Waals surface area contributed by atoms with Gasteiger partial charge in [-0.05, 0) is 55.3 Å². The van der Waals surface area contributed by atoms with Crippen LogP contribution in [0.4, 0.5) is 5.69 Å². The molecule has 136 valence electrons. The summed E-state index contributed by atoms with van der Waals surface area (Å²) in [4.78, 5) is 16.8. The second-order valence-electron chi connectivity index (χ2n) is 6.15. The molecule has 2 aromatic carbocycles. The second-order valence-corrected chi connectivity index (χ2v) is 7.11. The number of benzene rings is 2. The molecule has 0 fully saturated rings. The molecule has 3 aromatic rings. The number of aromatic nitrogens is 1. The van der Waals surface area contributed by atoms with Gasteiger partial charge in [0.25, 0.3) is 0 Å². The Bertz CT molecular complexity index is 1060. The van der Waals surface area contributed by atoms with Gasteiger partial charge in [0.1, 0.15) is 16.8 Å². The SMILES string of the molecule is COc1ccc2cc(C#N)c(SCC(=O)Nc3ccc(C)c(C)c3)nc2c1. The monoisotopic (exact) mass is 377 g/mol. The van der Waals surface area contributed by atoms with E-state index >= 15 is 0 Å². The summed E-state index contributed by atoms with van der Waals surface area (Å²) in [5, 5.41) is 13.7. The van der Waals surface area contributed by atoms with E-state index in [2.05, 4.69) is 16.4 Å². The summed E-state index contributed by atoms with van der Waals surface area (Å²) in [5.74, 6) is 0.729. The highest BCUT2D eigenvalue weighted by atomic mass is 32.2. The van der Waals surface area contributed by atoms with Gasteiger partial charge in [-0.2, -0.15) is 5.26 Å². The number of ether oxygens (including phenoxy) is 1. The van der Waals surface area contributed by atoms with Crippen LogP contribution in [0.5, 0.6) is 5.75 Å². The van der Waals surface area contributed by atoms with Crippen molar-refractivity contribution >= 4 is 34.3 Å². The van der Waals surface area contributed by atoms with Gasteiger partial charge in [-0.1, -0.05) is 17.8 Å². The Kier molecular flexibility index (Phi) is 5.63. The normalized spacial score (nSPS) is 10.4. The maximum atomic E-state index is 12.3. The number of thioether (sulfide) groups is 1. The van der Waals surface area contributed by atoms with Crippen LogP contribution in [0.2, 0.25) is 0 Å². The van der Waals surface area contributed by atoms with E-state index in [0.717, 1.165) is 22.2 Å². The van der Waals surface area contributed by atoms with Crippen LogP contribution >= 0.6 is 11.8 Å². The molecule has 5 nitrogen and oxygen atoms in total. The Balaban J connectivity index is 1.75. The quantitative estimate of drug-likeness (QED) is 0.664. The van der Waals surface area contributed by atoms with E-state index in [1.807, 2.05) is 50.2 Å². The summed E-state index contributed by atoms with van der Waals surface area (Å²) >= 11 is 1.25. The summed E-state index contributed by atoms with van der Waals surface area (Å²) in [6.07, 6.45) is 0. The molecule has 27 heavy (non-hydrogen) atoms. The van der Waals surface area contributed by atoms with Gasteiger partial charge >= 0.3 is 0 Å². The minimum absolute atomic E-state index is 0.139. The highest BCUT2D eigenvalue weighted by Crippen LogP contribution is 2.27. The number of carbonyl (C=O) groups excluding carboxylic acids is 1. The number of nitrogens with zero attached hydrogens (tertiary/aromatic N) is 2. The minimum atomic E-state index is -0.139. The molecule has 0 unspecified atom stereocenters. The largest absolute Gasteiger partial charge is 0.497 e. The van der Waals surface area contributed by atoms with Crippen molar-refractivity contribution in [2.45, 2.75) is 18.9 Å². The molecule has 3 rings (SSSR count). The molecule has 0 bridgehead atoms. The lowest BCUT2D eigenvalue weighted by atomic mass is 10.1. The summed E-state index contributed by atoms with van der Waals surface area (Å²) in [7, 11) is 1.59. The lowest BCUT2D eigenvalue weighted by Crippen LogP contribution is -2.14. The first kappa shape index (κ1) is 18.7. The van der Waals surface area contributed by atoms with Crippen molar-refractivity contribution in [3.63, 3.8) is 0 Å². The third-order valence-electron chi connectivity index (χ3n) is 4.24. The Hall–Kier alpha value is -3.04. The molecule has 1 aromatic heterocycles. The summed E-state index contributed by atoms with van der Waals surface area (Å²) in [6.45, 7) is 4.03. The predicted octanol–water partition coefficient (Wildman–Crippen LogP) is 4.46. The number of aryl methyl sites for hydroxylation is 2. The fourth-order valence-corrected chi connectivity index (χ4v) is 3.36. The van der Waals surface area contributed by atoms with Gasteiger partial charge in [0.2, 0.25) is 5.91 Å². The van der Waals surface area contributed by atoms with Gasteiger partial charge in [-0.3, -0.25) is 4.79 Å². The molecule has 1 heterocycles. The molecule has 6 heteroatoms. The Labute approximate surface area is 162 Å². The molecule has 0 saturated carbocycles. The van der Waals surface area contributed by atoms with Crippen LogP contribution in [0, 0.1) is 25.2 Å². The zero-order valence-electron chi connectivity index (χ0n) is 15.4. The van der Waals surface area contributed by atoms with Crippen LogP contribution in [-0.4, -0.2) is 23.8 Å². The second kappa shape index (κ2) is 8.11. The van der Waals surface area contributed by atoms with E-state index < -0.39 is 0 Å². The van der Waals surface area contributed by atoms with Crippen molar-refractivity contribution in [3.05, 3.63) is 59.2 Å². The number of pyridine rings is 1. The first-order valence-electron chi connectivity index (χ1n) is 8.39. The number of hydrogen-bond donors (Lipinski definition) is 1. The number of amides is 1. The van der Waals surface area contributed by atoms with Gasteiger partial charge in [0.15, 0.2) is 0 Å². The van der Waals surface area contributed by atoms with Gasteiger partial charge in [0, 0.05) is 17.1 Å². The standard InChI is InChI=1S/C21H19N3O2S/c1-13-4-6-17(8-14(13)2)23-20(25)12-27-21-16(11-22)9-15-5-7-18(26-3)10-19(15)24-21/h4-10H,12H2,1-3H3,(H,23,25). The molecule has 0 aliphatic heterocycles. The van der Waals surface area contributed by atoms with E-state index in [-0.39, 0.29) is 11.7 Å². The van der Waals surface area contributed by atoms with Crippen molar-refractivity contribution in [3.8, 4) is 11.8 Å². The molecule has 0 saturated heterocycles. The average molecular weight is 377 g/mol. The number of anilines is 1. The van der Waals surface area contributed by atoms with E-state index in [1.165, 1.54) is 17.3 Å². The zero-order valence-corrected chi connectivity index (χ0v) is 16.2. The molecule has 0 radical (unpaired) electrons. The van der Waals surface area contributed by atoms with Crippen molar-refractivity contribution in [2.75, 3.05) is 18.2 Å². The number of nitrogens with one attached hydrogen (secondary N) is 1. The molecule has 0 atom stereocenters. The molecule has 0 aliphatic carbocycles. The maximum Gasteiger partial charge on any atom is 0.234 e. The smallest absolute Gasteiger partial charge is 0.234 e. The number of hydrogen-bond acceptors (Lipinski definition) is 5. The van der Waals surface area contributed by atoms with Crippen LogP contribution in [0.15, 0.2) is 47.5 Å². The van der Waals surface area contributed by atoms with E-state index in [1.54, 1.807) is 13.2 Å². The van der Waals surface area contributed by atoms with Crippen LogP contribution < -0.4 is 10.1 Å². The Morgan fingerprint density at radius 2 is 2.00 bits per heavy atom. The molecule has 0 spiro atoms. The number of methoxy groups -OCH3 is 1. The number of rotatable bonds is 5. The van der Waals surface area contributed by atoms with Crippen LogP contribution in [0.3, 0.4) is 0 Å². The van der Waals surface area contributed by atoms with E-state index in [0.29, 0.717) is 16.3 Å². The van der Waals surface area contributed by atoms with Crippen molar-refractivity contribution in [2.24, 2.45) is 0 Å². The summed E-state index contributed by atoms with van der Waals surface area (Å²) in [6, 6.07) is 15.2. The van der Waals surface area contributed by atoms with Gasteiger partial charge in [-0.15, -0.1) is 0 Å². The van der Waals surface area contributed by atoms with E-state index in [4.69, 9.17) is 4.74 Å².